The highest BCUT2D eigenvalue weighted by Crippen LogP contribution is 2.27. The van der Waals surface area contributed by atoms with Gasteiger partial charge in [-0.3, -0.25) is 4.79 Å². The molecule has 1 amide bonds. The van der Waals surface area contributed by atoms with Crippen molar-refractivity contribution in [3.63, 3.8) is 0 Å². The van der Waals surface area contributed by atoms with Crippen LogP contribution >= 0.6 is 0 Å². The molecule has 2 N–H and O–H groups in total. The Kier molecular flexibility index (Phi) is 4.60. The van der Waals surface area contributed by atoms with Crippen LogP contribution in [0.25, 0.3) is 0 Å². The van der Waals surface area contributed by atoms with Crippen LogP contribution in [-0.4, -0.2) is 46.2 Å². The predicted octanol–water partition coefficient (Wildman–Crippen LogP) is 1.73. The molecule has 110 valence electrons. The van der Waals surface area contributed by atoms with Gasteiger partial charge < -0.3 is 19.8 Å². The Balaban J connectivity index is 3.25. The van der Waals surface area contributed by atoms with Gasteiger partial charge in [0.2, 0.25) is 0 Å². The maximum Gasteiger partial charge on any atom is 0.329 e. The molecular weight excluding hydrogens is 262 g/mol. The number of carboxylic acid groups (broad SMARTS) is 1. The van der Waals surface area contributed by atoms with Gasteiger partial charge in [-0.15, -0.1) is 0 Å². The zero-order chi connectivity index (χ0) is 15.5. The molecule has 1 aromatic rings. The lowest BCUT2D eigenvalue weighted by Crippen LogP contribution is -2.52. The Morgan fingerprint density at radius 3 is 2.40 bits per heavy atom. The quantitative estimate of drug-likeness (QED) is 0.858. The van der Waals surface area contributed by atoms with Crippen molar-refractivity contribution >= 4 is 11.9 Å². The third-order valence-electron chi connectivity index (χ3n) is 3.19. The number of hydrogen-bond donors (Lipinski definition) is 2. The van der Waals surface area contributed by atoms with Crippen LogP contribution in [-0.2, 0) is 4.79 Å². The largest absolute Gasteiger partial charge is 0.507 e. The molecule has 6 heteroatoms. The van der Waals surface area contributed by atoms with Crippen molar-refractivity contribution in [3.8, 4) is 11.5 Å². The molecule has 0 aliphatic carbocycles. The van der Waals surface area contributed by atoms with Gasteiger partial charge in [0.1, 0.15) is 17.0 Å². The minimum Gasteiger partial charge on any atom is -0.507 e. The van der Waals surface area contributed by atoms with E-state index < -0.39 is 17.4 Å². The summed E-state index contributed by atoms with van der Waals surface area (Å²) in [5.74, 6) is -1.47. The number of amides is 1. The fraction of sp³-hybridized carbons (Fsp3) is 0.429. The van der Waals surface area contributed by atoms with Gasteiger partial charge in [0, 0.05) is 6.54 Å². The van der Waals surface area contributed by atoms with Crippen LogP contribution in [0, 0.1) is 0 Å². The molecule has 0 heterocycles. The molecule has 1 aromatic carbocycles. The molecule has 6 nitrogen and oxygen atoms in total. The van der Waals surface area contributed by atoms with Gasteiger partial charge in [-0.25, -0.2) is 4.79 Å². The van der Waals surface area contributed by atoms with Crippen LogP contribution in [0.2, 0.25) is 0 Å². The van der Waals surface area contributed by atoms with E-state index in [4.69, 9.17) is 4.74 Å². The zero-order valence-electron chi connectivity index (χ0n) is 12.0. The SMILES string of the molecule is CCN(C(=O)c1cc(OC)ccc1O)C(C)(C)C(=O)O. The van der Waals surface area contributed by atoms with Crippen LogP contribution in [0.4, 0.5) is 0 Å². The summed E-state index contributed by atoms with van der Waals surface area (Å²) in [5, 5.41) is 19.0. The van der Waals surface area contributed by atoms with Crippen molar-refractivity contribution in [1.29, 1.82) is 0 Å². The van der Waals surface area contributed by atoms with Gasteiger partial charge in [0.05, 0.1) is 12.7 Å². The third-order valence-corrected chi connectivity index (χ3v) is 3.19. The van der Waals surface area contributed by atoms with Crippen molar-refractivity contribution in [2.45, 2.75) is 26.3 Å². The first-order valence-corrected chi connectivity index (χ1v) is 6.18. The Bertz CT molecular complexity index is 524. The number of carboxylic acids is 1. The molecule has 0 saturated heterocycles. The van der Waals surface area contributed by atoms with E-state index in [0.717, 1.165) is 0 Å². The normalized spacial score (nSPS) is 11.0. The fourth-order valence-electron chi connectivity index (χ4n) is 1.87. The second kappa shape index (κ2) is 5.81. The van der Waals surface area contributed by atoms with E-state index in [9.17, 15) is 19.8 Å². The number of likely N-dealkylation sites (N-methyl/N-ethyl adjacent to an activating group) is 1. The lowest BCUT2D eigenvalue weighted by Gasteiger charge is -2.34. The van der Waals surface area contributed by atoms with Crippen molar-refractivity contribution in [3.05, 3.63) is 23.8 Å². The van der Waals surface area contributed by atoms with Crippen LogP contribution in [0.3, 0.4) is 0 Å². The van der Waals surface area contributed by atoms with E-state index in [-0.39, 0.29) is 17.9 Å². The summed E-state index contributed by atoms with van der Waals surface area (Å²) < 4.78 is 5.01. The number of rotatable bonds is 5. The summed E-state index contributed by atoms with van der Waals surface area (Å²) >= 11 is 0. The first kappa shape index (κ1) is 15.8. The number of nitrogens with zero attached hydrogens (tertiary/aromatic N) is 1. The zero-order valence-corrected chi connectivity index (χ0v) is 12.0. The van der Waals surface area contributed by atoms with E-state index in [1.54, 1.807) is 6.92 Å². The second-order valence-corrected chi connectivity index (χ2v) is 4.80. The van der Waals surface area contributed by atoms with Crippen molar-refractivity contribution in [2.24, 2.45) is 0 Å². The number of phenolic OH excluding ortho intramolecular Hbond substituents is 1. The average Bonchev–Trinajstić information content (AvgIpc) is 2.39. The molecule has 1 rings (SSSR count). The number of carbonyl (C=O) groups is 2. The molecule has 0 fully saturated rings. The molecule has 0 aromatic heterocycles. The first-order valence-electron chi connectivity index (χ1n) is 6.18. The highest BCUT2D eigenvalue weighted by Gasteiger charge is 2.38. The topological polar surface area (TPSA) is 87.1 Å². The smallest absolute Gasteiger partial charge is 0.329 e. The fourth-order valence-corrected chi connectivity index (χ4v) is 1.87. The number of aromatic hydroxyl groups is 1. The third kappa shape index (κ3) is 2.84. The summed E-state index contributed by atoms with van der Waals surface area (Å²) in [6, 6.07) is 4.25. The van der Waals surface area contributed by atoms with Gasteiger partial charge in [-0.2, -0.15) is 0 Å². The number of aliphatic carboxylic acids is 1. The molecule has 0 aliphatic heterocycles. The van der Waals surface area contributed by atoms with Crippen LogP contribution in [0.5, 0.6) is 11.5 Å². The highest BCUT2D eigenvalue weighted by molar-refractivity contribution is 6.00. The predicted molar refractivity (Wildman–Crippen MR) is 73.1 cm³/mol. The number of ether oxygens (including phenoxy) is 1. The number of hydrogen-bond acceptors (Lipinski definition) is 4. The molecule has 0 aliphatic rings. The van der Waals surface area contributed by atoms with Gasteiger partial charge in [-0.1, -0.05) is 0 Å². The number of phenols is 1. The van der Waals surface area contributed by atoms with E-state index in [0.29, 0.717) is 5.75 Å². The summed E-state index contributed by atoms with van der Waals surface area (Å²) in [4.78, 5) is 24.9. The van der Waals surface area contributed by atoms with Gasteiger partial charge in [0.15, 0.2) is 0 Å². The molecule has 20 heavy (non-hydrogen) atoms. The van der Waals surface area contributed by atoms with Gasteiger partial charge >= 0.3 is 5.97 Å². The van der Waals surface area contributed by atoms with E-state index in [1.807, 2.05) is 0 Å². The molecule has 0 unspecified atom stereocenters. The van der Waals surface area contributed by atoms with Crippen molar-refractivity contribution in [1.82, 2.24) is 4.90 Å². The minimum absolute atomic E-state index is 0.0144. The summed E-state index contributed by atoms with van der Waals surface area (Å²) in [5.41, 5.74) is -1.36. The average molecular weight is 281 g/mol. The highest BCUT2D eigenvalue weighted by atomic mass is 16.5. The lowest BCUT2D eigenvalue weighted by molar-refractivity contribution is -0.147. The monoisotopic (exact) mass is 281 g/mol. The maximum atomic E-state index is 12.5. The Labute approximate surface area is 117 Å². The van der Waals surface area contributed by atoms with E-state index >= 15 is 0 Å². The van der Waals surface area contributed by atoms with Gasteiger partial charge in [-0.05, 0) is 39.0 Å². The molecule has 0 saturated carbocycles. The molecule has 0 spiro atoms. The van der Waals surface area contributed by atoms with Gasteiger partial charge in [0.25, 0.3) is 5.91 Å². The van der Waals surface area contributed by atoms with E-state index in [2.05, 4.69) is 0 Å². The maximum absolute atomic E-state index is 12.5. The summed E-state index contributed by atoms with van der Waals surface area (Å²) in [7, 11) is 1.44. The molecule has 0 atom stereocenters. The summed E-state index contributed by atoms with van der Waals surface area (Å²) in [6.07, 6.45) is 0. The molecule has 0 bridgehead atoms. The van der Waals surface area contributed by atoms with Crippen LogP contribution in [0.1, 0.15) is 31.1 Å². The number of benzene rings is 1. The Morgan fingerprint density at radius 2 is 1.95 bits per heavy atom. The van der Waals surface area contributed by atoms with Crippen LogP contribution < -0.4 is 4.74 Å². The van der Waals surface area contributed by atoms with E-state index in [1.165, 1.54) is 44.1 Å². The molecule has 0 radical (unpaired) electrons. The van der Waals surface area contributed by atoms with Crippen molar-refractivity contribution in [2.75, 3.05) is 13.7 Å². The lowest BCUT2D eigenvalue weighted by atomic mass is 10.0. The standard InChI is InChI=1S/C14H19NO5/c1-5-15(14(2,3)13(18)19)12(17)10-8-9(20-4)6-7-11(10)16/h6-8,16H,5H2,1-4H3,(H,18,19). The number of methoxy groups -OCH3 is 1. The Hall–Kier alpha value is -2.24. The number of carbonyl (C=O) groups excluding carboxylic acids is 1. The van der Waals surface area contributed by atoms with Crippen molar-refractivity contribution < 1.29 is 24.5 Å². The molecular formula is C14H19NO5. The summed E-state index contributed by atoms with van der Waals surface area (Å²) in [6.45, 7) is 4.76. The first-order chi connectivity index (χ1) is 9.25. The Morgan fingerprint density at radius 1 is 1.35 bits per heavy atom. The second-order valence-electron chi connectivity index (χ2n) is 4.80. The van der Waals surface area contributed by atoms with Crippen LogP contribution in [0.15, 0.2) is 18.2 Å². The minimum atomic E-state index is -1.37.